The molecule has 0 radical (unpaired) electrons. The fourth-order valence-corrected chi connectivity index (χ4v) is 3.30. The van der Waals surface area contributed by atoms with Gasteiger partial charge in [-0.2, -0.15) is 10.5 Å². The van der Waals surface area contributed by atoms with E-state index in [1.165, 1.54) is 12.1 Å². The van der Waals surface area contributed by atoms with Crippen molar-refractivity contribution < 1.29 is 4.92 Å². The Kier molecular flexibility index (Phi) is 5.48. The molecule has 0 spiro atoms. The molecule has 0 aromatic heterocycles. The fourth-order valence-electron chi connectivity index (χ4n) is 3.30. The topological polar surface area (TPSA) is 90.7 Å². The van der Waals surface area contributed by atoms with E-state index >= 15 is 0 Å². The highest BCUT2D eigenvalue weighted by Gasteiger charge is 2.33. The Hall–Kier alpha value is -3.96. The number of rotatable bonds is 6. The monoisotopic (exact) mass is 367 g/mol. The maximum absolute atomic E-state index is 11.0. The van der Waals surface area contributed by atoms with Crippen molar-refractivity contribution in [3.63, 3.8) is 0 Å². The van der Waals surface area contributed by atoms with E-state index in [0.717, 1.165) is 16.7 Å². The van der Waals surface area contributed by atoms with E-state index in [4.69, 9.17) is 5.26 Å². The first kappa shape index (κ1) is 18.8. The van der Waals surface area contributed by atoms with Gasteiger partial charge >= 0.3 is 0 Å². The Morgan fingerprint density at radius 2 is 1.39 bits per heavy atom. The van der Waals surface area contributed by atoms with Crippen LogP contribution in [0.25, 0.3) is 0 Å². The average molecular weight is 367 g/mol. The third kappa shape index (κ3) is 4.06. The van der Waals surface area contributed by atoms with Crippen LogP contribution < -0.4 is 0 Å². The number of hydrogen-bond acceptors (Lipinski definition) is 4. The second-order valence-electron chi connectivity index (χ2n) is 6.65. The molecule has 1 atom stereocenters. The van der Waals surface area contributed by atoms with Gasteiger partial charge in [-0.05, 0) is 41.7 Å². The molecule has 0 aliphatic rings. The third-order valence-electron chi connectivity index (χ3n) is 4.78. The first-order valence-corrected chi connectivity index (χ1v) is 8.75. The van der Waals surface area contributed by atoms with Gasteiger partial charge in [0, 0.05) is 12.1 Å². The summed E-state index contributed by atoms with van der Waals surface area (Å²) in [7, 11) is 0. The van der Waals surface area contributed by atoms with Crippen molar-refractivity contribution in [2.75, 3.05) is 0 Å². The number of non-ortho nitro benzene ring substituents is 1. The predicted octanol–water partition coefficient (Wildman–Crippen LogP) is 4.71. The number of hydrogen-bond donors (Lipinski definition) is 0. The lowest BCUT2D eigenvalue weighted by molar-refractivity contribution is -0.384. The molecule has 0 saturated carbocycles. The van der Waals surface area contributed by atoms with Crippen molar-refractivity contribution in [3.8, 4) is 12.1 Å². The zero-order valence-electron chi connectivity index (χ0n) is 15.1. The standard InChI is InChI=1S/C23H17N3O2/c24-16-20-8-6-19(7-9-20)15-23(17-25,14-18-4-2-1-3-5-18)21-10-12-22(13-11-21)26(27)28/h1-13H,14-15H2. The first-order valence-electron chi connectivity index (χ1n) is 8.75. The highest BCUT2D eigenvalue weighted by Crippen LogP contribution is 2.33. The van der Waals surface area contributed by atoms with Gasteiger partial charge in [-0.15, -0.1) is 0 Å². The molecule has 3 aromatic carbocycles. The molecule has 5 heteroatoms. The Morgan fingerprint density at radius 3 is 1.89 bits per heavy atom. The quantitative estimate of drug-likeness (QED) is 0.466. The van der Waals surface area contributed by atoms with Gasteiger partial charge in [0.15, 0.2) is 0 Å². The molecular formula is C23H17N3O2. The highest BCUT2D eigenvalue weighted by atomic mass is 16.6. The molecule has 5 nitrogen and oxygen atoms in total. The van der Waals surface area contributed by atoms with Crippen LogP contribution in [0.2, 0.25) is 0 Å². The second kappa shape index (κ2) is 8.16. The third-order valence-corrected chi connectivity index (χ3v) is 4.78. The smallest absolute Gasteiger partial charge is 0.258 e. The number of nitriles is 2. The summed E-state index contributed by atoms with van der Waals surface area (Å²) in [4.78, 5) is 10.5. The van der Waals surface area contributed by atoms with Crippen LogP contribution in [0, 0.1) is 32.8 Å². The Balaban J connectivity index is 2.04. The van der Waals surface area contributed by atoms with Crippen molar-refractivity contribution in [2.24, 2.45) is 0 Å². The molecule has 0 bridgehead atoms. The van der Waals surface area contributed by atoms with Crippen LogP contribution in [0.4, 0.5) is 5.69 Å². The molecule has 3 aromatic rings. The summed E-state index contributed by atoms with van der Waals surface area (Å²) in [5.41, 5.74) is 2.34. The maximum Gasteiger partial charge on any atom is 0.269 e. The molecule has 0 aliphatic heterocycles. The predicted molar refractivity (Wildman–Crippen MR) is 105 cm³/mol. The van der Waals surface area contributed by atoms with Gasteiger partial charge in [0.1, 0.15) is 0 Å². The minimum Gasteiger partial charge on any atom is -0.258 e. The van der Waals surface area contributed by atoms with Crippen molar-refractivity contribution in [3.05, 3.63) is 111 Å². The van der Waals surface area contributed by atoms with Gasteiger partial charge in [0.05, 0.1) is 28.0 Å². The van der Waals surface area contributed by atoms with Crippen molar-refractivity contribution in [1.82, 2.24) is 0 Å². The lowest BCUT2D eigenvalue weighted by atomic mass is 9.72. The number of nitro benzene ring substituents is 1. The molecule has 0 amide bonds. The van der Waals surface area contributed by atoms with Crippen LogP contribution in [-0.2, 0) is 18.3 Å². The van der Waals surface area contributed by atoms with E-state index in [1.807, 2.05) is 42.5 Å². The molecule has 0 saturated heterocycles. The van der Waals surface area contributed by atoms with E-state index in [0.29, 0.717) is 18.4 Å². The van der Waals surface area contributed by atoms with E-state index in [9.17, 15) is 15.4 Å². The van der Waals surface area contributed by atoms with Crippen LogP contribution in [0.1, 0.15) is 22.3 Å². The summed E-state index contributed by atoms with van der Waals surface area (Å²) in [6.07, 6.45) is 0.907. The van der Waals surface area contributed by atoms with E-state index in [2.05, 4.69) is 12.1 Å². The van der Waals surface area contributed by atoms with Gasteiger partial charge in [0.25, 0.3) is 5.69 Å². The van der Waals surface area contributed by atoms with E-state index in [-0.39, 0.29) is 5.69 Å². The molecule has 136 valence electrons. The molecule has 28 heavy (non-hydrogen) atoms. The summed E-state index contributed by atoms with van der Waals surface area (Å²) in [6.45, 7) is 0. The van der Waals surface area contributed by atoms with Gasteiger partial charge in [-0.3, -0.25) is 10.1 Å². The summed E-state index contributed by atoms with van der Waals surface area (Å²) in [5.74, 6) is 0. The molecule has 0 heterocycles. The Labute approximate surface area is 163 Å². The minimum atomic E-state index is -0.884. The number of benzene rings is 3. The van der Waals surface area contributed by atoms with Gasteiger partial charge in [-0.1, -0.05) is 54.6 Å². The van der Waals surface area contributed by atoms with Gasteiger partial charge in [-0.25, -0.2) is 0 Å². The van der Waals surface area contributed by atoms with Crippen molar-refractivity contribution in [1.29, 1.82) is 10.5 Å². The van der Waals surface area contributed by atoms with Crippen LogP contribution in [-0.4, -0.2) is 4.92 Å². The lowest BCUT2D eigenvalue weighted by Crippen LogP contribution is -2.30. The van der Waals surface area contributed by atoms with Gasteiger partial charge in [0.2, 0.25) is 0 Å². The molecular weight excluding hydrogens is 350 g/mol. The Morgan fingerprint density at radius 1 is 0.821 bits per heavy atom. The maximum atomic E-state index is 11.0. The number of nitro groups is 1. The van der Waals surface area contributed by atoms with Crippen LogP contribution >= 0.6 is 0 Å². The zero-order valence-corrected chi connectivity index (χ0v) is 15.1. The second-order valence-corrected chi connectivity index (χ2v) is 6.65. The lowest BCUT2D eigenvalue weighted by Gasteiger charge is -2.28. The highest BCUT2D eigenvalue weighted by molar-refractivity contribution is 5.43. The van der Waals surface area contributed by atoms with Crippen LogP contribution in [0.15, 0.2) is 78.9 Å². The zero-order chi connectivity index (χ0) is 20.0. The van der Waals surface area contributed by atoms with Gasteiger partial charge < -0.3 is 0 Å². The molecule has 1 unspecified atom stereocenters. The fraction of sp³-hybridized carbons (Fsp3) is 0.130. The first-order chi connectivity index (χ1) is 13.6. The summed E-state index contributed by atoms with van der Waals surface area (Å²) in [5, 5.41) is 30.2. The average Bonchev–Trinajstić information content (AvgIpc) is 2.74. The van der Waals surface area contributed by atoms with Crippen molar-refractivity contribution in [2.45, 2.75) is 18.3 Å². The summed E-state index contributed by atoms with van der Waals surface area (Å²) < 4.78 is 0. The van der Waals surface area contributed by atoms with Crippen LogP contribution in [0.3, 0.4) is 0 Å². The normalized spacial score (nSPS) is 12.4. The van der Waals surface area contributed by atoms with Crippen LogP contribution in [0.5, 0.6) is 0 Å². The summed E-state index contributed by atoms with van der Waals surface area (Å²) in [6, 6.07) is 27.6. The summed E-state index contributed by atoms with van der Waals surface area (Å²) >= 11 is 0. The molecule has 0 N–H and O–H groups in total. The number of nitrogens with zero attached hydrogens (tertiary/aromatic N) is 3. The SMILES string of the molecule is N#Cc1ccc(CC(C#N)(Cc2ccccc2)c2ccc([N+](=O)[O-])cc2)cc1. The minimum absolute atomic E-state index is 0.00586. The van der Waals surface area contributed by atoms with Crippen molar-refractivity contribution >= 4 is 5.69 Å². The Bertz CT molecular complexity index is 1050. The molecule has 0 fully saturated rings. The molecule has 0 aliphatic carbocycles. The van der Waals surface area contributed by atoms with E-state index in [1.54, 1.807) is 24.3 Å². The molecule has 3 rings (SSSR count). The largest absolute Gasteiger partial charge is 0.269 e. The van der Waals surface area contributed by atoms with E-state index < -0.39 is 10.3 Å².